The van der Waals surface area contributed by atoms with Crippen LogP contribution in [0.2, 0.25) is 0 Å². The van der Waals surface area contributed by atoms with E-state index in [-0.39, 0.29) is 17.8 Å². The van der Waals surface area contributed by atoms with Gasteiger partial charge < -0.3 is 19.7 Å². The van der Waals surface area contributed by atoms with Gasteiger partial charge in [0.05, 0.1) is 18.3 Å². The lowest BCUT2D eigenvalue weighted by Crippen LogP contribution is -2.57. The average molecular weight is 226 g/mol. The van der Waals surface area contributed by atoms with Crippen LogP contribution < -0.4 is 0 Å². The third kappa shape index (κ3) is 0.863. The maximum absolute atomic E-state index is 11.9. The van der Waals surface area contributed by atoms with Crippen molar-refractivity contribution in [2.45, 2.75) is 37.8 Å². The van der Waals surface area contributed by atoms with E-state index in [1.54, 1.807) is 0 Å². The molecule has 3 aliphatic rings. The standard InChI is InChI=1S/C11H14O5/c1-4-7-3-6(12)8(13)11(4)9(16-7)5(2)15-10(11)14/h4,6-9,12-13H,2-3H2,1H3/t4-,6+,7-,8+,9-,11+/m1/s1. The van der Waals surface area contributed by atoms with Crippen molar-refractivity contribution in [1.29, 1.82) is 0 Å². The first-order valence-electron chi connectivity index (χ1n) is 5.42. The van der Waals surface area contributed by atoms with E-state index >= 15 is 0 Å². The summed E-state index contributed by atoms with van der Waals surface area (Å²) < 4.78 is 10.6. The molecule has 0 unspecified atom stereocenters. The van der Waals surface area contributed by atoms with E-state index in [0.717, 1.165) is 0 Å². The molecule has 2 N–H and O–H groups in total. The molecule has 1 saturated carbocycles. The van der Waals surface area contributed by atoms with Crippen molar-refractivity contribution in [2.75, 3.05) is 0 Å². The van der Waals surface area contributed by atoms with E-state index in [0.29, 0.717) is 6.42 Å². The minimum Gasteiger partial charge on any atom is -0.428 e. The van der Waals surface area contributed by atoms with E-state index in [1.165, 1.54) is 0 Å². The molecule has 6 atom stereocenters. The molecule has 0 amide bonds. The maximum atomic E-state index is 11.9. The first kappa shape index (κ1) is 10.3. The van der Waals surface area contributed by atoms with Crippen molar-refractivity contribution < 1.29 is 24.5 Å². The van der Waals surface area contributed by atoms with Crippen LogP contribution in [0, 0.1) is 11.3 Å². The van der Waals surface area contributed by atoms with Crippen LogP contribution in [-0.4, -0.2) is 40.6 Å². The average Bonchev–Trinajstić information content (AvgIpc) is 2.58. The molecule has 0 radical (unpaired) electrons. The number of carbonyl (C=O) groups excluding carboxylic acids is 1. The number of hydrogen-bond acceptors (Lipinski definition) is 5. The Hall–Kier alpha value is -0.910. The van der Waals surface area contributed by atoms with Gasteiger partial charge in [-0.25, -0.2) is 0 Å². The zero-order valence-corrected chi connectivity index (χ0v) is 8.92. The first-order chi connectivity index (χ1) is 7.49. The lowest BCUT2D eigenvalue weighted by Gasteiger charge is -2.39. The summed E-state index contributed by atoms with van der Waals surface area (Å²) in [6.45, 7) is 5.48. The van der Waals surface area contributed by atoms with Crippen LogP contribution in [0.4, 0.5) is 0 Å². The van der Waals surface area contributed by atoms with E-state index in [9.17, 15) is 15.0 Å². The summed E-state index contributed by atoms with van der Waals surface area (Å²) in [5.74, 6) is -0.445. The lowest BCUT2D eigenvalue weighted by molar-refractivity contribution is -0.165. The number of aliphatic hydroxyl groups excluding tert-OH is 2. The molecule has 88 valence electrons. The van der Waals surface area contributed by atoms with Gasteiger partial charge in [0.2, 0.25) is 0 Å². The fourth-order valence-electron chi connectivity index (χ4n) is 3.34. The third-order valence-electron chi connectivity index (χ3n) is 4.25. The van der Waals surface area contributed by atoms with Gasteiger partial charge in [0.25, 0.3) is 0 Å². The highest BCUT2D eigenvalue weighted by molar-refractivity contribution is 5.84. The molecule has 0 aromatic rings. The Morgan fingerprint density at radius 1 is 1.50 bits per heavy atom. The van der Waals surface area contributed by atoms with Crippen LogP contribution in [0.5, 0.6) is 0 Å². The molecule has 0 aromatic heterocycles. The van der Waals surface area contributed by atoms with Gasteiger partial charge in [-0.3, -0.25) is 4.79 Å². The molecule has 2 aliphatic heterocycles. The molecule has 2 heterocycles. The second-order valence-corrected chi connectivity index (χ2v) is 4.88. The van der Waals surface area contributed by atoms with Crippen molar-refractivity contribution in [3.63, 3.8) is 0 Å². The number of rotatable bonds is 0. The van der Waals surface area contributed by atoms with E-state index in [2.05, 4.69) is 6.58 Å². The topological polar surface area (TPSA) is 76.0 Å². The van der Waals surface area contributed by atoms with Crippen molar-refractivity contribution in [1.82, 2.24) is 0 Å². The molecule has 3 rings (SSSR count). The minimum atomic E-state index is -1.15. The predicted molar refractivity (Wildman–Crippen MR) is 52.1 cm³/mol. The van der Waals surface area contributed by atoms with Crippen LogP contribution in [-0.2, 0) is 14.3 Å². The fourth-order valence-corrected chi connectivity index (χ4v) is 3.34. The maximum Gasteiger partial charge on any atom is 0.323 e. The Labute approximate surface area is 92.7 Å². The molecule has 1 spiro atoms. The number of cyclic esters (lactones) is 1. The van der Waals surface area contributed by atoms with Gasteiger partial charge in [0.1, 0.15) is 17.3 Å². The molecule has 5 nitrogen and oxygen atoms in total. The van der Waals surface area contributed by atoms with E-state index < -0.39 is 29.7 Å². The van der Waals surface area contributed by atoms with E-state index in [4.69, 9.17) is 9.47 Å². The quantitative estimate of drug-likeness (QED) is 0.548. The number of aliphatic hydroxyl groups is 2. The summed E-state index contributed by atoms with van der Waals surface area (Å²) in [5, 5.41) is 19.9. The van der Waals surface area contributed by atoms with Crippen molar-refractivity contribution in [3.05, 3.63) is 12.3 Å². The monoisotopic (exact) mass is 226 g/mol. The second kappa shape index (κ2) is 2.85. The van der Waals surface area contributed by atoms with Crippen LogP contribution in [0.1, 0.15) is 13.3 Å². The summed E-state index contributed by atoms with van der Waals surface area (Å²) in [6.07, 6.45) is -2.57. The number of carbonyl (C=O) groups is 1. The molecular formula is C11H14O5. The zero-order chi connectivity index (χ0) is 11.7. The summed E-state index contributed by atoms with van der Waals surface area (Å²) in [4.78, 5) is 11.9. The third-order valence-corrected chi connectivity index (χ3v) is 4.25. The SMILES string of the molecule is C=C1OC(=O)[C@]23[C@@H]1O[C@H](C[C@H](O)[C@@H]2O)[C@H]3C. The Morgan fingerprint density at radius 3 is 2.88 bits per heavy atom. The smallest absolute Gasteiger partial charge is 0.323 e. The Kier molecular flexibility index (Phi) is 1.83. The van der Waals surface area contributed by atoms with Gasteiger partial charge >= 0.3 is 5.97 Å². The highest BCUT2D eigenvalue weighted by atomic mass is 16.6. The number of hydrogen-bond donors (Lipinski definition) is 2. The number of esters is 1. The Bertz CT molecular complexity index is 379. The molecule has 2 bridgehead atoms. The zero-order valence-electron chi connectivity index (χ0n) is 8.92. The summed E-state index contributed by atoms with van der Waals surface area (Å²) in [7, 11) is 0. The molecule has 5 heteroatoms. The van der Waals surface area contributed by atoms with Gasteiger partial charge in [-0.15, -0.1) is 0 Å². The van der Waals surface area contributed by atoms with Crippen LogP contribution in [0.3, 0.4) is 0 Å². The number of ether oxygens (including phenoxy) is 2. The predicted octanol–water partition coefficient (Wildman–Crippen LogP) is -0.428. The molecular weight excluding hydrogens is 212 g/mol. The van der Waals surface area contributed by atoms with Gasteiger partial charge in [-0.05, 0) is 0 Å². The minimum absolute atomic E-state index is 0.164. The number of fused-ring (bicyclic) bond motifs is 1. The Morgan fingerprint density at radius 2 is 2.19 bits per heavy atom. The largest absolute Gasteiger partial charge is 0.428 e. The fraction of sp³-hybridized carbons (Fsp3) is 0.727. The van der Waals surface area contributed by atoms with Crippen molar-refractivity contribution in [2.24, 2.45) is 11.3 Å². The molecule has 0 aromatic carbocycles. The first-order valence-corrected chi connectivity index (χ1v) is 5.42. The molecule has 1 aliphatic carbocycles. The molecule has 3 fully saturated rings. The van der Waals surface area contributed by atoms with Crippen LogP contribution >= 0.6 is 0 Å². The Balaban J connectivity index is 2.15. The van der Waals surface area contributed by atoms with Gasteiger partial charge in [-0.2, -0.15) is 0 Å². The molecule has 2 saturated heterocycles. The van der Waals surface area contributed by atoms with Crippen molar-refractivity contribution in [3.8, 4) is 0 Å². The second-order valence-electron chi connectivity index (χ2n) is 4.88. The van der Waals surface area contributed by atoms with E-state index in [1.807, 2.05) is 6.92 Å². The normalized spacial score (nSPS) is 55.1. The van der Waals surface area contributed by atoms with Crippen LogP contribution in [0.25, 0.3) is 0 Å². The lowest BCUT2D eigenvalue weighted by atomic mass is 9.63. The van der Waals surface area contributed by atoms with Gasteiger partial charge in [0.15, 0.2) is 0 Å². The van der Waals surface area contributed by atoms with Crippen LogP contribution in [0.15, 0.2) is 12.3 Å². The summed E-state index contributed by atoms with van der Waals surface area (Å²) >= 11 is 0. The highest BCUT2D eigenvalue weighted by Crippen LogP contribution is 2.58. The summed E-state index contributed by atoms with van der Waals surface area (Å²) in [5.41, 5.74) is -1.15. The molecule has 16 heavy (non-hydrogen) atoms. The summed E-state index contributed by atoms with van der Waals surface area (Å²) in [6, 6.07) is 0. The van der Waals surface area contributed by atoms with Crippen molar-refractivity contribution >= 4 is 5.97 Å². The highest BCUT2D eigenvalue weighted by Gasteiger charge is 2.72. The van der Waals surface area contributed by atoms with Gasteiger partial charge in [-0.1, -0.05) is 13.5 Å². The van der Waals surface area contributed by atoms with Gasteiger partial charge in [0, 0.05) is 12.3 Å².